The van der Waals surface area contributed by atoms with E-state index in [9.17, 15) is 9.90 Å². The highest BCUT2D eigenvalue weighted by Crippen LogP contribution is 2.21. The monoisotopic (exact) mass is 318 g/mol. The fraction of sp³-hybridized carbons (Fsp3) is 0.500. The summed E-state index contributed by atoms with van der Waals surface area (Å²) in [5.41, 5.74) is 1.02. The van der Waals surface area contributed by atoms with Crippen molar-refractivity contribution in [3.8, 4) is 0 Å². The highest BCUT2D eigenvalue weighted by Gasteiger charge is 2.09. The number of nitrogens with zero attached hydrogens (tertiary/aromatic N) is 1. The number of hydrogen-bond acceptors (Lipinski definition) is 2. The molecular formula is C14H20Cl2N2O2. The van der Waals surface area contributed by atoms with Crippen LogP contribution in [0.1, 0.15) is 18.9 Å². The first-order chi connectivity index (χ1) is 9.40. The fourth-order valence-corrected chi connectivity index (χ4v) is 2.32. The Labute approximate surface area is 129 Å². The predicted molar refractivity (Wildman–Crippen MR) is 82.5 cm³/mol. The highest BCUT2D eigenvalue weighted by atomic mass is 35.5. The number of aliphatic hydroxyl groups is 1. The molecule has 6 heteroatoms. The molecule has 0 aliphatic carbocycles. The first kappa shape index (κ1) is 17.1. The normalized spacial score (nSPS) is 12.1. The summed E-state index contributed by atoms with van der Waals surface area (Å²) >= 11 is 11.9. The second kappa shape index (κ2) is 8.35. The van der Waals surface area contributed by atoms with E-state index in [1.165, 1.54) is 4.90 Å². The van der Waals surface area contributed by atoms with Crippen LogP contribution in [0.5, 0.6) is 0 Å². The van der Waals surface area contributed by atoms with Crippen LogP contribution in [0.2, 0.25) is 10.0 Å². The molecule has 0 aliphatic heterocycles. The van der Waals surface area contributed by atoms with Crippen LogP contribution >= 0.6 is 23.2 Å². The molecule has 0 saturated heterocycles. The zero-order valence-electron chi connectivity index (χ0n) is 11.7. The van der Waals surface area contributed by atoms with Gasteiger partial charge in [-0.25, -0.2) is 4.79 Å². The van der Waals surface area contributed by atoms with Crippen molar-refractivity contribution in [1.29, 1.82) is 0 Å². The maximum Gasteiger partial charge on any atom is 0.317 e. The van der Waals surface area contributed by atoms with Gasteiger partial charge in [0.15, 0.2) is 0 Å². The van der Waals surface area contributed by atoms with E-state index in [4.69, 9.17) is 23.2 Å². The Morgan fingerprint density at radius 1 is 1.45 bits per heavy atom. The summed E-state index contributed by atoms with van der Waals surface area (Å²) in [4.78, 5) is 13.1. The molecule has 0 fully saturated rings. The molecule has 0 spiro atoms. The standard InChI is InChI=1S/C14H20Cl2N2O2/c1-10(19)9-18(2)14(20)17-7-3-4-11-5-6-12(15)8-13(11)16/h5-6,8,10,19H,3-4,7,9H2,1-2H3,(H,17,20). The van der Waals surface area contributed by atoms with E-state index < -0.39 is 6.10 Å². The van der Waals surface area contributed by atoms with Crippen LogP contribution in [0, 0.1) is 0 Å². The number of nitrogens with one attached hydrogen (secondary N) is 1. The molecule has 0 aromatic heterocycles. The minimum atomic E-state index is -0.529. The number of amides is 2. The maximum absolute atomic E-state index is 11.7. The van der Waals surface area contributed by atoms with Crippen LogP contribution in [0.3, 0.4) is 0 Å². The number of rotatable bonds is 6. The summed E-state index contributed by atoms with van der Waals surface area (Å²) in [7, 11) is 1.65. The van der Waals surface area contributed by atoms with Crippen molar-refractivity contribution in [2.45, 2.75) is 25.9 Å². The van der Waals surface area contributed by atoms with E-state index in [1.807, 2.05) is 6.07 Å². The Morgan fingerprint density at radius 3 is 2.75 bits per heavy atom. The highest BCUT2D eigenvalue weighted by molar-refractivity contribution is 6.35. The summed E-state index contributed by atoms with van der Waals surface area (Å²) in [5.74, 6) is 0. The van der Waals surface area contributed by atoms with E-state index in [0.717, 1.165) is 18.4 Å². The van der Waals surface area contributed by atoms with Gasteiger partial charge in [-0.3, -0.25) is 0 Å². The van der Waals surface area contributed by atoms with Gasteiger partial charge in [0.1, 0.15) is 0 Å². The number of likely N-dealkylation sites (N-methyl/N-ethyl adjacent to an activating group) is 1. The van der Waals surface area contributed by atoms with Gasteiger partial charge in [0.2, 0.25) is 0 Å². The van der Waals surface area contributed by atoms with E-state index in [2.05, 4.69) is 5.32 Å². The SMILES string of the molecule is CC(O)CN(C)C(=O)NCCCc1ccc(Cl)cc1Cl. The van der Waals surface area contributed by atoms with Crippen molar-refractivity contribution < 1.29 is 9.90 Å². The van der Waals surface area contributed by atoms with Gasteiger partial charge in [0, 0.05) is 30.2 Å². The first-order valence-electron chi connectivity index (χ1n) is 6.51. The lowest BCUT2D eigenvalue weighted by Crippen LogP contribution is -2.41. The molecule has 1 rings (SSSR count). The van der Waals surface area contributed by atoms with Crippen molar-refractivity contribution >= 4 is 29.2 Å². The minimum absolute atomic E-state index is 0.187. The van der Waals surface area contributed by atoms with Gasteiger partial charge < -0.3 is 15.3 Å². The molecule has 1 aromatic rings. The van der Waals surface area contributed by atoms with Crippen LogP contribution in [0.4, 0.5) is 4.79 Å². The maximum atomic E-state index is 11.7. The summed E-state index contributed by atoms with van der Waals surface area (Å²) < 4.78 is 0. The second-order valence-corrected chi connectivity index (χ2v) is 5.64. The lowest BCUT2D eigenvalue weighted by atomic mass is 10.1. The Kier molecular flexibility index (Phi) is 7.13. The van der Waals surface area contributed by atoms with Crippen molar-refractivity contribution in [3.05, 3.63) is 33.8 Å². The summed E-state index contributed by atoms with van der Waals surface area (Å²) in [6.45, 7) is 2.52. The van der Waals surface area contributed by atoms with Crippen molar-refractivity contribution in [2.24, 2.45) is 0 Å². The van der Waals surface area contributed by atoms with E-state index in [1.54, 1.807) is 26.1 Å². The van der Waals surface area contributed by atoms with Crippen LogP contribution in [-0.4, -0.2) is 42.3 Å². The molecular weight excluding hydrogens is 299 g/mol. The number of aliphatic hydroxyl groups excluding tert-OH is 1. The smallest absolute Gasteiger partial charge is 0.317 e. The van der Waals surface area contributed by atoms with Crippen LogP contribution < -0.4 is 5.32 Å². The summed E-state index contributed by atoms with van der Waals surface area (Å²) in [6, 6.07) is 5.23. The first-order valence-corrected chi connectivity index (χ1v) is 7.26. The van der Waals surface area contributed by atoms with Gasteiger partial charge in [0.05, 0.1) is 6.10 Å². The molecule has 0 saturated carbocycles. The lowest BCUT2D eigenvalue weighted by molar-refractivity contribution is 0.144. The van der Waals surface area contributed by atoms with Gasteiger partial charge in [-0.2, -0.15) is 0 Å². The predicted octanol–water partition coefficient (Wildman–Crippen LogP) is 2.95. The Balaban J connectivity index is 2.29. The van der Waals surface area contributed by atoms with Crippen LogP contribution in [-0.2, 0) is 6.42 Å². The Morgan fingerprint density at radius 2 is 2.15 bits per heavy atom. The molecule has 4 nitrogen and oxygen atoms in total. The van der Waals surface area contributed by atoms with E-state index in [0.29, 0.717) is 23.1 Å². The zero-order valence-corrected chi connectivity index (χ0v) is 13.2. The Hall–Kier alpha value is -0.970. The fourth-order valence-electron chi connectivity index (χ4n) is 1.81. The molecule has 20 heavy (non-hydrogen) atoms. The molecule has 1 unspecified atom stereocenters. The van der Waals surface area contributed by atoms with E-state index in [-0.39, 0.29) is 6.03 Å². The summed E-state index contributed by atoms with van der Waals surface area (Å²) in [6.07, 6.45) is 1.03. The minimum Gasteiger partial charge on any atom is -0.392 e. The van der Waals surface area contributed by atoms with Crippen LogP contribution in [0.15, 0.2) is 18.2 Å². The largest absolute Gasteiger partial charge is 0.392 e. The number of hydrogen-bond donors (Lipinski definition) is 2. The molecule has 2 N–H and O–H groups in total. The third-order valence-electron chi connectivity index (χ3n) is 2.80. The molecule has 1 atom stereocenters. The topological polar surface area (TPSA) is 52.6 Å². The number of carbonyl (C=O) groups is 1. The molecule has 0 aliphatic rings. The molecule has 0 bridgehead atoms. The molecule has 2 amide bonds. The number of halogens is 2. The van der Waals surface area contributed by atoms with Crippen molar-refractivity contribution in [3.63, 3.8) is 0 Å². The summed E-state index contributed by atoms with van der Waals surface area (Å²) in [5, 5.41) is 13.3. The number of urea groups is 1. The molecule has 0 heterocycles. The van der Waals surface area contributed by atoms with Crippen molar-refractivity contribution in [2.75, 3.05) is 20.1 Å². The van der Waals surface area contributed by atoms with Gasteiger partial charge in [-0.05, 0) is 37.5 Å². The number of carbonyl (C=O) groups excluding carboxylic acids is 1. The molecule has 1 aromatic carbocycles. The van der Waals surface area contributed by atoms with Crippen molar-refractivity contribution in [1.82, 2.24) is 10.2 Å². The molecule has 112 valence electrons. The number of benzene rings is 1. The Bertz CT molecular complexity index is 453. The van der Waals surface area contributed by atoms with Gasteiger partial charge in [-0.15, -0.1) is 0 Å². The quantitative estimate of drug-likeness (QED) is 0.792. The third kappa shape index (κ3) is 5.99. The average molecular weight is 319 g/mol. The molecule has 0 radical (unpaired) electrons. The van der Waals surface area contributed by atoms with Gasteiger partial charge in [0.25, 0.3) is 0 Å². The average Bonchev–Trinajstić information content (AvgIpc) is 2.35. The number of aryl methyl sites for hydroxylation is 1. The lowest BCUT2D eigenvalue weighted by Gasteiger charge is -2.19. The van der Waals surface area contributed by atoms with E-state index >= 15 is 0 Å². The second-order valence-electron chi connectivity index (χ2n) is 4.80. The van der Waals surface area contributed by atoms with Crippen LogP contribution in [0.25, 0.3) is 0 Å². The third-order valence-corrected chi connectivity index (χ3v) is 3.39. The van der Waals surface area contributed by atoms with Gasteiger partial charge in [-0.1, -0.05) is 29.3 Å². The zero-order chi connectivity index (χ0) is 15.1. The van der Waals surface area contributed by atoms with Gasteiger partial charge >= 0.3 is 6.03 Å².